The van der Waals surface area contributed by atoms with Crippen molar-refractivity contribution in [3.63, 3.8) is 0 Å². The van der Waals surface area contributed by atoms with Gasteiger partial charge in [0.25, 0.3) is 0 Å². The Morgan fingerprint density at radius 2 is 1.94 bits per heavy atom. The van der Waals surface area contributed by atoms with E-state index in [1.54, 1.807) is 12.3 Å². The third kappa shape index (κ3) is 4.16. The van der Waals surface area contributed by atoms with Crippen LogP contribution in [0.2, 0.25) is 0 Å². The van der Waals surface area contributed by atoms with Gasteiger partial charge in [-0.3, -0.25) is 9.36 Å². The fourth-order valence-electron chi connectivity index (χ4n) is 4.08. The molecule has 2 aliphatic rings. The number of carbonyl (C=O) groups is 1. The molecule has 0 spiro atoms. The number of ether oxygens (including phenoxy) is 1. The zero-order valence-electron chi connectivity index (χ0n) is 16.9. The summed E-state index contributed by atoms with van der Waals surface area (Å²) in [6.45, 7) is 0. The summed E-state index contributed by atoms with van der Waals surface area (Å²) >= 11 is 1.87. The maximum Gasteiger partial charge on any atom is 0.248 e. The van der Waals surface area contributed by atoms with E-state index in [4.69, 9.17) is 10.5 Å². The molecule has 31 heavy (non-hydrogen) atoms. The molecular formula is C25H23N3O2S. The van der Waals surface area contributed by atoms with Gasteiger partial charge in [0.2, 0.25) is 5.91 Å². The summed E-state index contributed by atoms with van der Waals surface area (Å²) in [6.07, 6.45) is 13.3. The van der Waals surface area contributed by atoms with Gasteiger partial charge in [0, 0.05) is 27.3 Å². The molecule has 1 aliphatic carbocycles. The van der Waals surface area contributed by atoms with Gasteiger partial charge in [0.05, 0.1) is 17.3 Å². The number of benzene rings is 2. The summed E-state index contributed by atoms with van der Waals surface area (Å²) in [5.74, 6) is -0.155. The lowest BCUT2D eigenvalue weighted by atomic mass is 9.89. The summed E-state index contributed by atoms with van der Waals surface area (Å²) in [5, 5.41) is 0.426. The van der Waals surface area contributed by atoms with Crippen molar-refractivity contribution < 1.29 is 9.53 Å². The van der Waals surface area contributed by atoms with E-state index in [1.807, 2.05) is 42.4 Å². The molecule has 1 amide bonds. The normalized spacial score (nSPS) is 22.8. The summed E-state index contributed by atoms with van der Waals surface area (Å²) in [6, 6.07) is 16.8. The molecule has 5 rings (SSSR count). The lowest BCUT2D eigenvalue weighted by molar-refractivity contribution is -0.114. The van der Waals surface area contributed by atoms with Crippen molar-refractivity contribution in [2.75, 3.05) is 0 Å². The van der Waals surface area contributed by atoms with Gasteiger partial charge in [-0.1, -0.05) is 24.3 Å². The second-order valence-corrected chi connectivity index (χ2v) is 9.08. The molecule has 6 heteroatoms. The Morgan fingerprint density at radius 3 is 2.71 bits per heavy atom. The zero-order valence-corrected chi connectivity index (χ0v) is 17.7. The average molecular weight is 430 g/mol. The largest absolute Gasteiger partial charge is 0.493 e. The minimum absolute atomic E-state index is 0.126. The smallest absolute Gasteiger partial charge is 0.248 e. The standard InChI is InChI=1S/C25H23N3O2S/c26-25(29)18-13-14-30-24(15-18)17-5-9-20(10-6-17)31-21-11-7-19(8-12-21)28-16-27-22-3-1-2-4-23(22)28/h1-5,7-9,11-17,20,24H,6,10H2,(H2,26,29). The van der Waals surface area contributed by atoms with Gasteiger partial charge in [-0.25, -0.2) is 4.98 Å². The second kappa shape index (κ2) is 8.47. The molecule has 5 nitrogen and oxygen atoms in total. The molecule has 156 valence electrons. The van der Waals surface area contributed by atoms with Crippen molar-refractivity contribution >= 4 is 28.7 Å². The van der Waals surface area contributed by atoms with E-state index in [0.717, 1.165) is 29.6 Å². The van der Waals surface area contributed by atoms with Crippen molar-refractivity contribution in [2.45, 2.75) is 29.1 Å². The van der Waals surface area contributed by atoms with Crippen molar-refractivity contribution in [1.29, 1.82) is 0 Å². The molecule has 2 heterocycles. The van der Waals surface area contributed by atoms with Crippen LogP contribution < -0.4 is 5.73 Å². The number of amides is 1. The minimum Gasteiger partial charge on any atom is -0.493 e. The summed E-state index contributed by atoms with van der Waals surface area (Å²) in [4.78, 5) is 17.1. The van der Waals surface area contributed by atoms with Gasteiger partial charge >= 0.3 is 0 Å². The average Bonchev–Trinajstić information content (AvgIpc) is 3.24. The number of hydrogen-bond donors (Lipinski definition) is 1. The van der Waals surface area contributed by atoms with Crippen LogP contribution in [0.15, 0.2) is 95.9 Å². The highest BCUT2D eigenvalue weighted by Crippen LogP contribution is 2.35. The van der Waals surface area contributed by atoms with Crippen LogP contribution in [0.4, 0.5) is 0 Å². The maximum absolute atomic E-state index is 11.4. The summed E-state index contributed by atoms with van der Waals surface area (Å²) < 4.78 is 7.81. The topological polar surface area (TPSA) is 70.1 Å². The van der Waals surface area contributed by atoms with Crippen LogP contribution in [0.5, 0.6) is 0 Å². The fraction of sp³-hybridized carbons (Fsp3) is 0.200. The number of aromatic nitrogens is 2. The van der Waals surface area contributed by atoms with Crippen molar-refractivity contribution in [3.05, 3.63) is 91.0 Å². The first-order chi connectivity index (χ1) is 15.2. The predicted octanol–water partition coefficient (Wildman–Crippen LogP) is 4.78. The minimum atomic E-state index is -0.412. The zero-order chi connectivity index (χ0) is 21.2. The summed E-state index contributed by atoms with van der Waals surface area (Å²) in [7, 11) is 0. The molecule has 0 saturated heterocycles. The van der Waals surface area contributed by atoms with Crippen molar-refractivity contribution in [2.24, 2.45) is 11.7 Å². The van der Waals surface area contributed by atoms with Crippen molar-refractivity contribution in [3.8, 4) is 5.69 Å². The molecule has 1 aliphatic heterocycles. The number of fused-ring (bicyclic) bond motifs is 1. The second-order valence-electron chi connectivity index (χ2n) is 7.77. The highest BCUT2D eigenvalue weighted by Gasteiger charge is 2.25. The third-order valence-electron chi connectivity index (χ3n) is 5.75. The van der Waals surface area contributed by atoms with Crippen LogP contribution in [0.25, 0.3) is 16.7 Å². The Kier molecular flexibility index (Phi) is 5.38. The van der Waals surface area contributed by atoms with Crippen LogP contribution in [-0.4, -0.2) is 26.8 Å². The molecule has 3 aromatic rings. The Hall–Kier alpha value is -3.25. The van der Waals surface area contributed by atoms with E-state index in [2.05, 4.69) is 52.0 Å². The molecule has 0 radical (unpaired) electrons. The van der Waals surface area contributed by atoms with Crippen molar-refractivity contribution in [1.82, 2.24) is 9.55 Å². The highest BCUT2D eigenvalue weighted by molar-refractivity contribution is 8.00. The number of primary amides is 1. The lowest BCUT2D eigenvalue weighted by Gasteiger charge is -2.28. The van der Waals surface area contributed by atoms with Crippen LogP contribution in [0, 0.1) is 5.92 Å². The number of hydrogen-bond acceptors (Lipinski definition) is 4. The van der Waals surface area contributed by atoms with Gasteiger partial charge in [-0.05, 0) is 61.4 Å². The fourth-order valence-corrected chi connectivity index (χ4v) is 5.14. The Morgan fingerprint density at radius 1 is 1.10 bits per heavy atom. The van der Waals surface area contributed by atoms with E-state index >= 15 is 0 Å². The Balaban J connectivity index is 1.24. The Bertz CT molecular complexity index is 1190. The number of para-hydroxylation sites is 2. The number of nitrogens with two attached hydrogens (primary N) is 1. The first-order valence-electron chi connectivity index (χ1n) is 10.4. The molecule has 0 saturated carbocycles. The molecule has 3 unspecified atom stereocenters. The SMILES string of the molecule is NC(=O)C1=CC(C2C=CC(Sc3ccc(-n4cnc5ccccc54)cc3)CC2)OC=C1. The first-order valence-corrected chi connectivity index (χ1v) is 11.3. The molecule has 0 fully saturated rings. The number of thioether (sulfide) groups is 1. The third-order valence-corrected chi connectivity index (χ3v) is 6.99. The molecule has 3 atom stereocenters. The quantitative estimate of drug-likeness (QED) is 0.593. The van der Waals surface area contributed by atoms with Crippen LogP contribution >= 0.6 is 11.8 Å². The molecule has 1 aromatic heterocycles. The number of carbonyl (C=O) groups excluding carboxylic acids is 1. The predicted molar refractivity (Wildman–Crippen MR) is 124 cm³/mol. The van der Waals surface area contributed by atoms with E-state index in [0.29, 0.717) is 10.8 Å². The van der Waals surface area contributed by atoms with E-state index in [1.165, 1.54) is 4.90 Å². The van der Waals surface area contributed by atoms with Gasteiger partial charge in [-0.2, -0.15) is 0 Å². The first kappa shape index (κ1) is 19.7. The van der Waals surface area contributed by atoms with Gasteiger partial charge < -0.3 is 10.5 Å². The van der Waals surface area contributed by atoms with Crippen LogP contribution in [0.3, 0.4) is 0 Å². The van der Waals surface area contributed by atoms with Gasteiger partial charge in [-0.15, -0.1) is 11.8 Å². The van der Waals surface area contributed by atoms with E-state index in [-0.39, 0.29) is 12.0 Å². The molecule has 2 aromatic carbocycles. The summed E-state index contributed by atoms with van der Waals surface area (Å²) in [5.41, 5.74) is 9.13. The maximum atomic E-state index is 11.4. The van der Waals surface area contributed by atoms with Gasteiger partial charge in [0.1, 0.15) is 12.4 Å². The number of imidazole rings is 1. The van der Waals surface area contributed by atoms with E-state index < -0.39 is 5.91 Å². The molecule has 0 bridgehead atoms. The molecule has 2 N–H and O–H groups in total. The van der Waals surface area contributed by atoms with Gasteiger partial charge in [0.15, 0.2) is 0 Å². The van der Waals surface area contributed by atoms with Crippen LogP contribution in [0.1, 0.15) is 12.8 Å². The monoisotopic (exact) mass is 429 g/mol. The lowest BCUT2D eigenvalue weighted by Crippen LogP contribution is -2.26. The van der Waals surface area contributed by atoms with Crippen LogP contribution in [-0.2, 0) is 9.53 Å². The number of nitrogens with zero attached hydrogens (tertiary/aromatic N) is 2. The highest BCUT2D eigenvalue weighted by atomic mass is 32.2. The number of rotatable bonds is 5. The van der Waals surface area contributed by atoms with E-state index in [9.17, 15) is 4.79 Å². The molecular weight excluding hydrogens is 406 g/mol. The Labute approximate surface area is 185 Å².